The van der Waals surface area contributed by atoms with Gasteiger partial charge in [0.1, 0.15) is 17.2 Å². The lowest BCUT2D eigenvalue weighted by Crippen LogP contribution is -2.24. The average molecular weight is 642 g/mol. The molecule has 1 amide bonds. The molecular formula is C29H19BrCl2N2O6. The molecule has 0 aliphatic heterocycles. The predicted molar refractivity (Wildman–Crippen MR) is 155 cm³/mol. The monoisotopic (exact) mass is 640 g/mol. The first-order chi connectivity index (χ1) is 19.3. The summed E-state index contributed by atoms with van der Waals surface area (Å²) < 4.78 is 17.3. The van der Waals surface area contributed by atoms with Crippen molar-refractivity contribution in [2.75, 3.05) is 6.61 Å². The van der Waals surface area contributed by atoms with E-state index >= 15 is 0 Å². The zero-order valence-electron chi connectivity index (χ0n) is 20.5. The van der Waals surface area contributed by atoms with Crippen LogP contribution in [-0.4, -0.2) is 30.7 Å². The highest BCUT2D eigenvalue weighted by Gasteiger charge is 2.15. The second-order valence-corrected chi connectivity index (χ2v) is 9.82. The number of nitrogens with one attached hydrogen (secondary N) is 1. The van der Waals surface area contributed by atoms with Crippen LogP contribution in [0.2, 0.25) is 10.0 Å². The van der Waals surface area contributed by atoms with Gasteiger partial charge in [-0.25, -0.2) is 15.0 Å². The maximum Gasteiger partial charge on any atom is 0.343 e. The van der Waals surface area contributed by atoms with Crippen molar-refractivity contribution in [3.8, 4) is 17.2 Å². The van der Waals surface area contributed by atoms with E-state index in [1.54, 1.807) is 48.5 Å². The van der Waals surface area contributed by atoms with Gasteiger partial charge in [0.25, 0.3) is 5.91 Å². The van der Waals surface area contributed by atoms with Crippen LogP contribution in [0.1, 0.15) is 26.3 Å². The first-order valence-electron chi connectivity index (χ1n) is 11.6. The Morgan fingerprint density at radius 1 is 0.750 bits per heavy atom. The lowest BCUT2D eigenvalue weighted by atomic mass is 10.2. The van der Waals surface area contributed by atoms with Gasteiger partial charge in [-0.1, -0.05) is 39.1 Å². The van der Waals surface area contributed by atoms with Crippen LogP contribution in [0.4, 0.5) is 0 Å². The summed E-state index contributed by atoms with van der Waals surface area (Å²) in [4.78, 5) is 37.5. The summed E-state index contributed by atoms with van der Waals surface area (Å²) in [6.45, 7) is -0.267. The lowest BCUT2D eigenvalue weighted by Gasteiger charge is -2.11. The summed E-state index contributed by atoms with van der Waals surface area (Å²) in [5.74, 6) is -1.16. The molecule has 0 heterocycles. The van der Waals surface area contributed by atoms with Crippen molar-refractivity contribution >= 4 is 63.2 Å². The number of rotatable bonds is 9. The van der Waals surface area contributed by atoms with Crippen molar-refractivity contribution < 1.29 is 28.6 Å². The normalized spacial score (nSPS) is 10.7. The quantitative estimate of drug-likeness (QED) is 0.0942. The van der Waals surface area contributed by atoms with Crippen molar-refractivity contribution in [2.24, 2.45) is 5.10 Å². The van der Waals surface area contributed by atoms with E-state index in [9.17, 15) is 14.4 Å². The third-order valence-corrected chi connectivity index (χ3v) is 6.17. The topological polar surface area (TPSA) is 103 Å². The van der Waals surface area contributed by atoms with Gasteiger partial charge >= 0.3 is 11.9 Å². The fraction of sp³-hybridized carbons (Fsp3) is 0.0345. The standard InChI is InChI=1S/C29H19BrCl2N2O6/c30-21-6-13-24(14-7-21)38-17-27(35)34-33-16-20-5-12-25(39-28(36)18-1-8-22(31)9-2-18)15-26(20)40-29(37)19-3-10-23(32)11-4-19/h1-16H,17H2,(H,34,35). The highest BCUT2D eigenvalue weighted by Crippen LogP contribution is 2.26. The van der Waals surface area contributed by atoms with Gasteiger partial charge < -0.3 is 14.2 Å². The molecule has 0 radical (unpaired) electrons. The number of carbonyl (C=O) groups excluding carboxylic acids is 3. The van der Waals surface area contributed by atoms with E-state index in [-0.39, 0.29) is 29.2 Å². The van der Waals surface area contributed by atoms with Crippen molar-refractivity contribution in [1.29, 1.82) is 0 Å². The molecule has 0 fully saturated rings. The molecule has 0 saturated heterocycles. The van der Waals surface area contributed by atoms with Gasteiger partial charge in [0.2, 0.25) is 0 Å². The maximum atomic E-state index is 12.8. The van der Waals surface area contributed by atoms with Crippen LogP contribution in [-0.2, 0) is 4.79 Å². The van der Waals surface area contributed by atoms with Crippen LogP contribution in [0.5, 0.6) is 17.2 Å². The molecule has 8 nitrogen and oxygen atoms in total. The molecule has 11 heteroatoms. The smallest absolute Gasteiger partial charge is 0.343 e. The Kier molecular flexibility index (Phi) is 9.91. The first kappa shape index (κ1) is 28.8. The summed E-state index contributed by atoms with van der Waals surface area (Å²) >= 11 is 15.1. The predicted octanol–water partition coefficient (Wildman–Crippen LogP) is 6.72. The number of amides is 1. The zero-order valence-corrected chi connectivity index (χ0v) is 23.6. The Balaban J connectivity index is 1.48. The zero-order chi connectivity index (χ0) is 28.5. The van der Waals surface area contributed by atoms with Gasteiger partial charge in [-0.2, -0.15) is 5.10 Å². The third-order valence-electron chi connectivity index (χ3n) is 5.13. The molecule has 0 aliphatic rings. The van der Waals surface area contributed by atoms with E-state index < -0.39 is 17.8 Å². The van der Waals surface area contributed by atoms with Gasteiger partial charge in [-0.3, -0.25) is 4.79 Å². The molecule has 40 heavy (non-hydrogen) atoms. The summed E-state index contributed by atoms with van der Waals surface area (Å²) in [5, 5.41) is 4.86. The van der Waals surface area contributed by atoms with Gasteiger partial charge in [0.05, 0.1) is 17.3 Å². The van der Waals surface area contributed by atoms with Gasteiger partial charge in [0.15, 0.2) is 6.61 Å². The number of halogens is 3. The molecule has 0 bridgehead atoms. The molecule has 4 rings (SSSR count). The Labute approximate surface area is 247 Å². The molecular weight excluding hydrogens is 623 g/mol. The number of ether oxygens (including phenoxy) is 3. The van der Waals surface area contributed by atoms with Gasteiger partial charge in [-0.05, 0) is 84.9 Å². The summed E-state index contributed by atoms with van der Waals surface area (Å²) in [5.41, 5.74) is 3.20. The van der Waals surface area contributed by atoms with Crippen molar-refractivity contribution in [2.45, 2.75) is 0 Å². The largest absolute Gasteiger partial charge is 0.484 e. The van der Waals surface area contributed by atoms with Crippen LogP contribution in [0.25, 0.3) is 0 Å². The summed E-state index contributed by atoms with van der Waals surface area (Å²) in [7, 11) is 0. The second kappa shape index (κ2) is 13.7. The summed E-state index contributed by atoms with van der Waals surface area (Å²) in [6, 6.07) is 23.7. The van der Waals surface area contributed by atoms with E-state index in [0.29, 0.717) is 21.4 Å². The number of nitrogens with zero attached hydrogens (tertiary/aromatic N) is 1. The molecule has 4 aromatic carbocycles. The number of hydrogen-bond acceptors (Lipinski definition) is 7. The van der Waals surface area contributed by atoms with Crippen LogP contribution < -0.4 is 19.6 Å². The highest BCUT2D eigenvalue weighted by atomic mass is 79.9. The molecule has 0 atom stereocenters. The fourth-order valence-electron chi connectivity index (χ4n) is 3.16. The molecule has 202 valence electrons. The minimum Gasteiger partial charge on any atom is -0.484 e. The Hall–Kier alpha value is -4.18. The van der Waals surface area contributed by atoms with Gasteiger partial charge in [-0.15, -0.1) is 0 Å². The minimum absolute atomic E-state index is 0.0328. The number of benzene rings is 4. The number of hydrazone groups is 1. The SMILES string of the molecule is O=C(COc1ccc(Br)cc1)NN=Cc1ccc(OC(=O)c2ccc(Cl)cc2)cc1OC(=O)c1ccc(Cl)cc1. The molecule has 1 N–H and O–H groups in total. The van der Waals surface area contributed by atoms with Crippen molar-refractivity contribution in [1.82, 2.24) is 5.43 Å². The second-order valence-electron chi connectivity index (χ2n) is 8.03. The average Bonchev–Trinajstić information content (AvgIpc) is 2.94. The summed E-state index contributed by atoms with van der Waals surface area (Å²) in [6.07, 6.45) is 1.28. The van der Waals surface area contributed by atoms with Crippen LogP contribution in [0.3, 0.4) is 0 Å². The lowest BCUT2D eigenvalue weighted by molar-refractivity contribution is -0.123. The maximum absolute atomic E-state index is 12.8. The van der Waals surface area contributed by atoms with E-state index in [4.69, 9.17) is 37.4 Å². The van der Waals surface area contributed by atoms with E-state index in [2.05, 4.69) is 26.5 Å². The van der Waals surface area contributed by atoms with Gasteiger partial charge in [0, 0.05) is 26.1 Å². The number of carbonyl (C=O) groups is 3. The number of esters is 2. The van der Waals surface area contributed by atoms with Crippen molar-refractivity contribution in [3.05, 3.63) is 122 Å². The Morgan fingerprint density at radius 3 is 1.90 bits per heavy atom. The molecule has 4 aromatic rings. The Morgan fingerprint density at radius 2 is 1.30 bits per heavy atom. The third kappa shape index (κ3) is 8.41. The van der Waals surface area contributed by atoms with E-state index in [0.717, 1.165) is 4.47 Å². The van der Waals surface area contributed by atoms with E-state index in [1.165, 1.54) is 48.7 Å². The van der Waals surface area contributed by atoms with Crippen molar-refractivity contribution in [3.63, 3.8) is 0 Å². The first-order valence-corrected chi connectivity index (χ1v) is 13.1. The molecule has 0 saturated carbocycles. The van der Waals surface area contributed by atoms with E-state index in [1.807, 2.05) is 0 Å². The minimum atomic E-state index is -0.681. The molecule has 0 aromatic heterocycles. The Bertz CT molecular complexity index is 1540. The molecule has 0 spiro atoms. The number of hydrogen-bond donors (Lipinski definition) is 1. The van der Waals surface area contributed by atoms with Crippen LogP contribution in [0, 0.1) is 0 Å². The highest BCUT2D eigenvalue weighted by molar-refractivity contribution is 9.10. The molecule has 0 aliphatic carbocycles. The fourth-order valence-corrected chi connectivity index (χ4v) is 3.67. The molecule has 0 unspecified atom stereocenters. The van der Waals surface area contributed by atoms with Crippen LogP contribution in [0.15, 0.2) is 101 Å². The van der Waals surface area contributed by atoms with Crippen LogP contribution >= 0.6 is 39.1 Å².